The fraction of sp³-hybridized carbons (Fsp3) is 0.529. The highest BCUT2D eigenvalue weighted by molar-refractivity contribution is 5.92. The van der Waals surface area contributed by atoms with E-state index < -0.39 is 0 Å². The molecule has 0 bridgehead atoms. The topological polar surface area (TPSA) is 52.7 Å². The van der Waals surface area contributed by atoms with E-state index in [9.17, 15) is 9.59 Å². The summed E-state index contributed by atoms with van der Waals surface area (Å²) in [5.41, 5.74) is 2.02. The molecule has 1 N–H and O–H groups in total. The Morgan fingerprint density at radius 1 is 1.00 bits per heavy atom. The second-order valence-electron chi connectivity index (χ2n) is 5.34. The zero-order chi connectivity index (χ0) is 16.5. The Morgan fingerprint density at radius 3 is 2.09 bits per heavy atom. The van der Waals surface area contributed by atoms with Gasteiger partial charge in [0.1, 0.15) is 0 Å². The Labute approximate surface area is 133 Å². The summed E-state index contributed by atoms with van der Waals surface area (Å²) in [7, 11) is 1.78. The minimum Gasteiger partial charge on any atom is -0.342 e. The zero-order valence-electron chi connectivity index (χ0n) is 14.1. The van der Waals surface area contributed by atoms with Gasteiger partial charge in [0.15, 0.2) is 0 Å². The van der Waals surface area contributed by atoms with Gasteiger partial charge in [-0.25, -0.2) is 0 Å². The molecule has 0 spiro atoms. The first-order valence-electron chi connectivity index (χ1n) is 7.85. The number of amides is 2. The third-order valence-corrected chi connectivity index (χ3v) is 3.58. The number of nitrogens with one attached hydrogen (secondary N) is 1. The average molecular weight is 305 g/mol. The molecule has 0 radical (unpaired) electrons. The monoisotopic (exact) mass is 305 g/mol. The van der Waals surface area contributed by atoms with Crippen LogP contribution in [0.1, 0.15) is 26.3 Å². The summed E-state index contributed by atoms with van der Waals surface area (Å²) in [5, 5.41) is 2.85. The molecular formula is C17H27N3O2. The highest BCUT2D eigenvalue weighted by atomic mass is 16.2. The molecule has 5 nitrogen and oxygen atoms in total. The molecule has 1 aromatic rings. The van der Waals surface area contributed by atoms with E-state index in [-0.39, 0.29) is 24.9 Å². The van der Waals surface area contributed by atoms with Crippen LogP contribution in [0.15, 0.2) is 24.3 Å². The van der Waals surface area contributed by atoms with Gasteiger partial charge in [-0.3, -0.25) is 14.5 Å². The minimum atomic E-state index is -0.112. The Kier molecular flexibility index (Phi) is 7.60. The van der Waals surface area contributed by atoms with E-state index in [2.05, 4.69) is 12.2 Å². The number of carbonyl (C=O) groups excluding carboxylic acids is 2. The van der Waals surface area contributed by atoms with E-state index >= 15 is 0 Å². The molecule has 1 aromatic carbocycles. The lowest BCUT2D eigenvalue weighted by atomic mass is 10.1. The van der Waals surface area contributed by atoms with E-state index in [1.54, 1.807) is 16.8 Å². The fourth-order valence-electron chi connectivity index (χ4n) is 2.23. The molecular weight excluding hydrogens is 278 g/mol. The average Bonchev–Trinajstić information content (AvgIpc) is 2.48. The van der Waals surface area contributed by atoms with Crippen LogP contribution in [-0.4, -0.2) is 54.8 Å². The highest BCUT2D eigenvalue weighted by Gasteiger charge is 2.14. The van der Waals surface area contributed by atoms with Crippen molar-refractivity contribution in [2.24, 2.45) is 0 Å². The second kappa shape index (κ2) is 9.20. The minimum absolute atomic E-state index is 0.0487. The van der Waals surface area contributed by atoms with Gasteiger partial charge in [0.05, 0.1) is 13.1 Å². The largest absolute Gasteiger partial charge is 0.342 e. The van der Waals surface area contributed by atoms with Crippen LogP contribution in [0, 0.1) is 0 Å². The molecule has 2 amide bonds. The molecule has 0 aromatic heterocycles. The number of aryl methyl sites for hydroxylation is 1. The van der Waals surface area contributed by atoms with Crippen LogP contribution in [0.3, 0.4) is 0 Å². The number of nitrogens with zero attached hydrogens (tertiary/aromatic N) is 2. The van der Waals surface area contributed by atoms with Gasteiger partial charge in [0, 0.05) is 18.8 Å². The second-order valence-corrected chi connectivity index (χ2v) is 5.34. The Balaban J connectivity index is 2.44. The predicted octanol–water partition coefficient (Wildman–Crippen LogP) is 1.99. The van der Waals surface area contributed by atoms with Gasteiger partial charge >= 0.3 is 0 Å². The summed E-state index contributed by atoms with van der Waals surface area (Å²) < 4.78 is 0. The molecule has 1 rings (SSSR count). The van der Waals surface area contributed by atoms with Crippen LogP contribution in [0.2, 0.25) is 0 Å². The van der Waals surface area contributed by atoms with Gasteiger partial charge in [0.25, 0.3) is 0 Å². The molecule has 0 aliphatic rings. The molecule has 0 heterocycles. The molecule has 0 saturated carbocycles. The summed E-state index contributed by atoms with van der Waals surface area (Å²) in [6.07, 6.45) is 0.977. The lowest BCUT2D eigenvalue weighted by Crippen LogP contribution is -2.41. The Bertz CT molecular complexity index is 481. The van der Waals surface area contributed by atoms with Gasteiger partial charge in [-0.05, 0) is 45.0 Å². The van der Waals surface area contributed by atoms with Crippen molar-refractivity contribution in [1.29, 1.82) is 0 Å². The molecule has 0 fully saturated rings. The highest BCUT2D eigenvalue weighted by Crippen LogP contribution is 2.09. The van der Waals surface area contributed by atoms with E-state index in [0.717, 1.165) is 12.1 Å². The van der Waals surface area contributed by atoms with Gasteiger partial charge < -0.3 is 10.2 Å². The first-order valence-corrected chi connectivity index (χ1v) is 7.85. The number of rotatable bonds is 8. The van der Waals surface area contributed by atoms with E-state index in [0.29, 0.717) is 13.1 Å². The maximum Gasteiger partial charge on any atom is 0.238 e. The molecule has 0 atom stereocenters. The first-order chi connectivity index (χ1) is 10.5. The Hall–Kier alpha value is -1.88. The van der Waals surface area contributed by atoms with Gasteiger partial charge in [-0.2, -0.15) is 0 Å². The number of hydrogen-bond donors (Lipinski definition) is 1. The smallest absolute Gasteiger partial charge is 0.238 e. The number of benzene rings is 1. The van der Waals surface area contributed by atoms with E-state index in [1.807, 2.05) is 38.1 Å². The summed E-state index contributed by atoms with van der Waals surface area (Å²) >= 11 is 0. The Morgan fingerprint density at radius 2 is 1.59 bits per heavy atom. The molecule has 0 aliphatic heterocycles. The van der Waals surface area contributed by atoms with Crippen molar-refractivity contribution >= 4 is 17.5 Å². The van der Waals surface area contributed by atoms with Crippen molar-refractivity contribution in [3.63, 3.8) is 0 Å². The van der Waals surface area contributed by atoms with Crippen LogP contribution in [0.5, 0.6) is 0 Å². The van der Waals surface area contributed by atoms with Crippen LogP contribution in [0.4, 0.5) is 5.69 Å². The normalized spacial score (nSPS) is 10.6. The first kappa shape index (κ1) is 18.2. The van der Waals surface area contributed by atoms with Crippen molar-refractivity contribution in [2.45, 2.75) is 27.2 Å². The number of hydrogen-bond acceptors (Lipinski definition) is 3. The van der Waals surface area contributed by atoms with Crippen molar-refractivity contribution in [1.82, 2.24) is 9.80 Å². The SMILES string of the molecule is CCc1ccc(NC(=O)CN(C)CC(=O)N(CC)CC)cc1. The van der Waals surface area contributed by atoms with Crippen molar-refractivity contribution in [2.75, 3.05) is 38.5 Å². The molecule has 0 saturated heterocycles. The van der Waals surface area contributed by atoms with Crippen molar-refractivity contribution in [3.05, 3.63) is 29.8 Å². The molecule has 5 heteroatoms. The van der Waals surface area contributed by atoms with Gasteiger partial charge in [-0.1, -0.05) is 19.1 Å². The van der Waals surface area contributed by atoms with Crippen molar-refractivity contribution < 1.29 is 9.59 Å². The lowest BCUT2D eigenvalue weighted by Gasteiger charge is -2.22. The van der Waals surface area contributed by atoms with E-state index in [4.69, 9.17) is 0 Å². The van der Waals surface area contributed by atoms with Crippen LogP contribution >= 0.6 is 0 Å². The predicted molar refractivity (Wildman–Crippen MR) is 89.9 cm³/mol. The zero-order valence-corrected chi connectivity index (χ0v) is 14.1. The van der Waals surface area contributed by atoms with Crippen LogP contribution in [0.25, 0.3) is 0 Å². The summed E-state index contributed by atoms with van der Waals surface area (Å²) in [4.78, 5) is 27.5. The summed E-state index contributed by atoms with van der Waals surface area (Å²) in [5.74, 6) is -0.0632. The van der Waals surface area contributed by atoms with Crippen LogP contribution < -0.4 is 5.32 Å². The maximum atomic E-state index is 12.0. The van der Waals surface area contributed by atoms with Crippen LogP contribution in [-0.2, 0) is 16.0 Å². The summed E-state index contributed by atoms with van der Waals surface area (Å²) in [6.45, 7) is 7.84. The third-order valence-electron chi connectivity index (χ3n) is 3.58. The molecule has 122 valence electrons. The molecule has 0 unspecified atom stereocenters. The quantitative estimate of drug-likeness (QED) is 0.799. The lowest BCUT2D eigenvalue weighted by molar-refractivity contribution is -0.132. The summed E-state index contributed by atoms with van der Waals surface area (Å²) in [6, 6.07) is 7.81. The standard InChI is InChI=1S/C17H27N3O2/c1-5-14-8-10-15(11-9-14)18-16(21)12-19(4)13-17(22)20(6-2)7-3/h8-11H,5-7,12-13H2,1-4H3,(H,18,21). The molecule has 22 heavy (non-hydrogen) atoms. The number of carbonyl (C=O) groups is 2. The van der Waals surface area contributed by atoms with E-state index in [1.165, 1.54) is 5.56 Å². The fourth-order valence-corrected chi connectivity index (χ4v) is 2.23. The van der Waals surface area contributed by atoms with Crippen molar-refractivity contribution in [3.8, 4) is 0 Å². The number of likely N-dealkylation sites (N-methyl/N-ethyl adjacent to an activating group) is 2. The maximum absolute atomic E-state index is 12.0. The van der Waals surface area contributed by atoms with Gasteiger partial charge in [-0.15, -0.1) is 0 Å². The van der Waals surface area contributed by atoms with Gasteiger partial charge in [0.2, 0.25) is 11.8 Å². The number of anilines is 1. The molecule has 0 aliphatic carbocycles. The third kappa shape index (κ3) is 5.85.